The van der Waals surface area contributed by atoms with Crippen LogP contribution in [-0.2, 0) is 4.74 Å². The fourth-order valence-electron chi connectivity index (χ4n) is 2.81. The molecule has 2 fully saturated rings. The van der Waals surface area contributed by atoms with E-state index < -0.39 is 0 Å². The molecule has 1 unspecified atom stereocenters. The van der Waals surface area contributed by atoms with Gasteiger partial charge in [-0.05, 0) is 32.6 Å². The number of hydrogen-bond acceptors (Lipinski definition) is 3. The van der Waals surface area contributed by atoms with Crippen LogP contribution in [0, 0.1) is 0 Å². The quantitative estimate of drug-likeness (QED) is 0.741. The number of hydrogen-bond donors (Lipinski definition) is 2. The Kier molecular flexibility index (Phi) is 3.33. The molecule has 2 rings (SSSR count). The molecule has 0 radical (unpaired) electrons. The minimum atomic E-state index is 0.0644. The second-order valence-electron chi connectivity index (χ2n) is 5.57. The van der Waals surface area contributed by atoms with Crippen molar-refractivity contribution in [3.05, 3.63) is 0 Å². The largest absolute Gasteiger partial charge is 0.374 e. The summed E-state index contributed by atoms with van der Waals surface area (Å²) in [5.74, 6) is 0. The summed E-state index contributed by atoms with van der Waals surface area (Å²) in [6, 6.07) is 0. The van der Waals surface area contributed by atoms with Gasteiger partial charge in [0.1, 0.15) is 0 Å². The van der Waals surface area contributed by atoms with Crippen molar-refractivity contribution < 1.29 is 4.74 Å². The first-order valence-electron chi connectivity index (χ1n) is 6.26. The fourth-order valence-corrected chi connectivity index (χ4v) is 2.81. The third-order valence-corrected chi connectivity index (χ3v) is 3.88. The van der Waals surface area contributed by atoms with Crippen LogP contribution in [0.4, 0.5) is 0 Å². The van der Waals surface area contributed by atoms with Crippen molar-refractivity contribution in [1.82, 2.24) is 5.32 Å². The van der Waals surface area contributed by atoms with Crippen LogP contribution in [0.15, 0.2) is 0 Å². The molecule has 1 saturated heterocycles. The molecule has 88 valence electrons. The second kappa shape index (κ2) is 4.40. The molecular formula is C12H24N2O. The van der Waals surface area contributed by atoms with Crippen molar-refractivity contribution in [1.29, 1.82) is 0 Å². The maximum atomic E-state index is 6.28. The van der Waals surface area contributed by atoms with Crippen molar-refractivity contribution in [2.75, 3.05) is 19.7 Å². The topological polar surface area (TPSA) is 47.3 Å². The first-order valence-corrected chi connectivity index (χ1v) is 6.26. The Balaban J connectivity index is 1.69. The molecule has 1 atom stereocenters. The molecule has 1 heterocycles. The molecule has 0 amide bonds. The summed E-state index contributed by atoms with van der Waals surface area (Å²) in [4.78, 5) is 0. The molecule has 15 heavy (non-hydrogen) atoms. The molecule has 1 aliphatic heterocycles. The minimum absolute atomic E-state index is 0.0644. The summed E-state index contributed by atoms with van der Waals surface area (Å²) in [5, 5.41) is 3.50. The third-order valence-electron chi connectivity index (χ3n) is 3.88. The zero-order valence-electron chi connectivity index (χ0n) is 9.85. The molecule has 0 aromatic carbocycles. The maximum Gasteiger partial charge on any atom is 0.0779 e. The van der Waals surface area contributed by atoms with Gasteiger partial charge in [-0.15, -0.1) is 0 Å². The summed E-state index contributed by atoms with van der Waals surface area (Å²) in [6.45, 7) is 5.02. The van der Waals surface area contributed by atoms with Gasteiger partial charge < -0.3 is 15.8 Å². The predicted octanol–water partition coefficient (Wildman–Crippen LogP) is 1.42. The standard InChI is InChI=1S/C12H24N2O/c1-11(5-4-8-15-11)9-14-10-12(13)6-2-3-7-12/h14H,2-10,13H2,1H3. The summed E-state index contributed by atoms with van der Waals surface area (Å²) in [6.07, 6.45) is 7.33. The molecule has 3 N–H and O–H groups in total. The van der Waals surface area contributed by atoms with Crippen LogP contribution < -0.4 is 11.1 Å². The van der Waals surface area contributed by atoms with Crippen LogP contribution in [0.5, 0.6) is 0 Å². The molecule has 3 heteroatoms. The van der Waals surface area contributed by atoms with Crippen LogP contribution in [0.25, 0.3) is 0 Å². The van der Waals surface area contributed by atoms with Gasteiger partial charge in [0.15, 0.2) is 0 Å². The van der Waals surface area contributed by atoms with E-state index in [-0.39, 0.29) is 11.1 Å². The van der Waals surface area contributed by atoms with Crippen molar-refractivity contribution >= 4 is 0 Å². The lowest BCUT2D eigenvalue weighted by Gasteiger charge is -2.28. The molecule has 1 aliphatic carbocycles. The summed E-state index contributed by atoms with van der Waals surface area (Å²) >= 11 is 0. The second-order valence-corrected chi connectivity index (χ2v) is 5.57. The van der Waals surface area contributed by atoms with Crippen LogP contribution in [0.3, 0.4) is 0 Å². The predicted molar refractivity (Wildman–Crippen MR) is 61.8 cm³/mol. The lowest BCUT2D eigenvalue weighted by molar-refractivity contribution is 0.0200. The van der Waals surface area contributed by atoms with Gasteiger partial charge in [-0.2, -0.15) is 0 Å². The van der Waals surface area contributed by atoms with Gasteiger partial charge in [0.05, 0.1) is 5.60 Å². The normalized spacial score (nSPS) is 34.8. The number of ether oxygens (including phenoxy) is 1. The fraction of sp³-hybridized carbons (Fsp3) is 1.00. The molecule has 3 nitrogen and oxygen atoms in total. The van der Waals surface area contributed by atoms with Crippen LogP contribution in [0.1, 0.15) is 45.4 Å². The highest BCUT2D eigenvalue weighted by Gasteiger charge is 2.32. The zero-order valence-corrected chi connectivity index (χ0v) is 9.85. The van der Waals surface area contributed by atoms with E-state index in [1.54, 1.807) is 0 Å². The van der Waals surface area contributed by atoms with E-state index in [1.165, 1.54) is 38.5 Å². The Morgan fingerprint density at radius 3 is 2.47 bits per heavy atom. The molecular weight excluding hydrogens is 188 g/mol. The van der Waals surface area contributed by atoms with E-state index in [9.17, 15) is 0 Å². The third kappa shape index (κ3) is 2.92. The van der Waals surface area contributed by atoms with Gasteiger partial charge in [-0.3, -0.25) is 0 Å². The van der Waals surface area contributed by atoms with Gasteiger partial charge in [0, 0.05) is 25.2 Å². The van der Waals surface area contributed by atoms with E-state index >= 15 is 0 Å². The van der Waals surface area contributed by atoms with Gasteiger partial charge in [-0.25, -0.2) is 0 Å². The molecule has 0 aromatic rings. The van der Waals surface area contributed by atoms with E-state index in [1.807, 2.05) is 0 Å². The van der Waals surface area contributed by atoms with Gasteiger partial charge in [0.25, 0.3) is 0 Å². The Hall–Kier alpha value is -0.120. The Morgan fingerprint density at radius 2 is 1.87 bits per heavy atom. The average Bonchev–Trinajstić information content (AvgIpc) is 2.76. The van der Waals surface area contributed by atoms with Crippen molar-refractivity contribution in [2.24, 2.45) is 5.73 Å². The van der Waals surface area contributed by atoms with E-state index in [2.05, 4.69) is 12.2 Å². The van der Waals surface area contributed by atoms with Crippen molar-refractivity contribution in [2.45, 2.75) is 56.6 Å². The Labute approximate surface area is 92.7 Å². The molecule has 2 aliphatic rings. The lowest BCUT2D eigenvalue weighted by Crippen LogP contribution is -2.49. The van der Waals surface area contributed by atoms with Gasteiger partial charge in [-0.1, -0.05) is 12.8 Å². The first kappa shape index (κ1) is 11.4. The zero-order chi connectivity index (χ0) is 10.8. The maximum absolute atomic E-state index is 6.28. The SMILES string of the molecule is CC1(CNCC2(N)CCCC2)CCCO1. The summed E-state index contributed by atoms with van der Waals surface area (Å²) in [7, 11) is 0. The summed E-state index contributed by atoms with van der Waals surface area (Å²) in [5.41, 5.74) is 6.41. The summed E-state index contributed by atoms with van der Waals surface area (Å²) < 4.78 is 5.73. The van der Waals surface area contributed by atoms with Crippen LogP contribution in [0.2, 0.25) is 0 Å². The van der Waals surface area contributed by atoms with Crippen molar-refractivity contribution in [3.8, 4) is 0 Å². The number of nitrogens with one attached hydrogen (secondary N) is 1. The molecule has 0 spiro atoms. The Bertz CT molecular complexity index is 184. The smallest absolute Gasteiger partial charge is 0.0779 e. The van der Waals surface area contributed by atoms with Gasteiger partial charge in [0.2, 0.25) is 0 Å². The molecule has 0 bridgehead atoms. The molecule has 1 saturated carbocycles. The number of nitrogens with two attached hydrogens (primary N) is 1. The lowest BCUT2D eigenvalue weighted by atomic mass is 9.98. The molecule has 0 aromatic heterocycles. The monoisotopic (exact) mass is 212 g/mol. The average molecular weight is 212 g/mol. The minimum Gasteiger partial charge on any atom is -0.374 e. The highest BCUT2D eigenvalue weighted by Crippen LogP contribution is 2.27. The van der Waals surface area contributed by atoms with Gasteiger partial charge >= 0.3 is 0 Å². The van der Waals surface area contributed by atoms with Crippen LogP contribution >= 0.6 is 0 Å². The van der Waals surface area contributed by atoms with Crippen molar-refractivity contribution in [3.63, 3.8) is 0 Å². The number of rotatable bonds is 4. The highest BCUT2D eigenvalue weighted by molar-refractivity contribution is 4.92. The van der Waals surface area contributed by atoms with E-state index in [4.69, 9.17) is 10.5 Å². The van der Waals surface area contributed by atoms with E-state index in [0.717, 1.165) is 19.7 Å². The van der Waals surface area contributed by atoms with E-state index in [0.29, 0.717) is 0 Å². The van der Waals surface area contributed by atoms with Crippen LogP contribution in [-0.4, -0.2) is 30.8 Å². The first-order chi connectivity index (χ1) is 7.12. The Morgan fingerprint density at radius 1 is 1.13 bits per heavy atom. The highest BCUT2D eigenvalue weighted by atomic mass is 16.5.